The van der Waals surface area contributed by atoms with Gasteiger partial charge in [-0.15, -0.1) is 0 Å². The molecule has 1 aromatic rings. The Balaban J connectivity index is 2.36. The standard InChI is InChI=1S/C11H19N3O/c1-10(9-12-6-7-15-3)8-11-4-5-13-14(11)2/h4-5,8,12H,6-7,9H2,1-3H3. The van der Waals surface area contributed by atoms with Gasteiger partial charge in [-0.1, -0.05) is 5.57 Å². The number of aryl methyl sites for hydroxylation is 1. The SMILES string of the molecule is COCCNCC(C)=Cc1ccnn1C. The molecule has 1 N–H and O–H groups in total. The summed E-state index contributed by atoms with van der Waals surface area (Å²) in [6.45, 7) is 4.62. The number of nitrogens with one attached hydrogen (secondary N) is 1. The Kier molecular flexibility index (Phi) is 5.07. The Morgan fingerprint density at radius 3 is 3.07 bits per heavy atom. The molecule has 0 aliphatic carbocycles. The second-order valence-electron chi connectivity index (χ2n) is 3.54. The van der Waals surface area contributed by atoms with Crippen LogP contribution in [0, 0.1) is 0 Å². The Bertz CT molecular complexity index is 317. The lowest BCUT2D eigenvalue weighted by Gasteiger charge is -2.04. The molecule has 0 saturated carbocycles. The number of methoxy groups -OCH3 is 1. The quantitative estimate of drug-likeness (QED) is 0.712. The van der Waals surface area contributed by atoms with Gasteiger partial charge in [0.05, 0.1) is 12.3 Å². The highest BCUT2D eigenvalue weighted by molar-refractivity contribution is 5.48. The van der Waals surface area contributed by atoms with Crippen molar-refractivity contribution in [2.24, 2.45) is 7.05 Å². The summed E-state index contributed by atoms with van der Waals surface area (Å²) < 4.78 is 6.81. The molecule has 0 fully saturated rings. The van der Waals surface area contributed by atoms with E-state index in [1.165, 1.54) is 5.57 Å². The number of rotatable bonds is 6. The number of ether oxygens (including phenoxy) is 1. The van der Waals surface area contributed by atoms with Crippen molar-refractivity contribution in [2.45, 2.75) is 6.92 Å². The van der Waals surface area contributed by atoms with E-state index >= 15 is 0 Å². The van der Waals surface area contributed by atoms with Crippen LogP contribution in [-0.4, -0.2) is 36.6 Å². The molecule has 15 heavy (non-hydrogen) atoms. The van der Waals surface area contributed by atoms with Gasteiger partial charge in [0.25, 0.3) is 0 Å². The molecule has 0 aliphatic heterocycles. The summed E-state index contributed by atoms with van der Waals surface area (Å²) in [5.41, 5.74) is 2.41. The average molecular weight is 209 g/mol. The number of hydrogen-bond acceptors (Lipinski definition) is 3. The van der Waals surface area contributed by atoms with E-state index in [2.05, 4.69) is 23.4 Å². The second kappa shape index (κ2) is 6.37. The first-order valence-electron chi connectivity index (χ1n) is 5.09. The summed E-state index contributed by atoms with van der Waals surface area (Å²) in [5, 5.41) is 7.41. The van der Waals surface area contributed by atoms with E-state index in [0.717, 1.165) is 25.4 Å². The predicted octanol–water partition coefficient (Wildman–Crippen LogP) is 1.06. The summed E-state index contributed by atoms with van der Waals surface area (Å²) in [6.07, 6.45) is 3.93. The molecule has 1 heterocycles. The summed E-state index contributed by atoms with van der Waals surface area (Å²) in [5.74, 6) is 0. The minimum atomic E-state index is 0.749. The summed E-state index contributed by atoms with van der Waals surface area (Å²) in [4.78, 5) is 0. The topological polar surface area (TPSA) is 39.1 Å². The van der Waals surface area contributed by atoms with Gasteiger partial charge in [-0.2, -0.15) is 5.10 Å². The predicted molar refractivity (Wildman–Crippen MR) is 61.6 cm³/mol. The minimum absolute atomic E-state index is 0.749. The van der Waals surface area contributed by atoms with Crippen LogP contribution in [0.2, 0.25) is 0 Å². The van der Waals surface area contributed by atoms with Gasteiger partial charge in [-0.3, -0.25) is 4.68 Å². The molecule has 4 heteroatoms. The molecule has 0 aliphatic rings. The van der Waals surface area contributed by atoms with E-state index in [9.17, 15) is 0 Å². The van der Waals surface area contributed by atoms with E-state index in [1.54, 1.807) is 13.3 Å². The third-order valence-electron chi connectivity index (χ3n) is 2.14. The lowest BCUT2D eigenvalue weighted by molar-refractivity contribution is 0.200. The number of aromatic nitrogens is 2. The molecule has 84 valence electrons. The molecule has 0 atom stereocenters. The number of hydrogen-bond donors (Lipinski definition) is 1. The normalized spacial score (nSPS) is 12.1. The van der Waals surface area contributed by atoms with Crippen molar-refractivity contribution < 1.29 is 4.74 Å². The van der Waals surface area contributed by atoms with Gasteiger partial charge < -0.3 is 10.1 Å². The van der Waals surface area contributed by atoms with Crippen molar-refractivity contribution in [3.8, 4) is 0 Å². The van der Waals surface area contributed by atoms with Crippen LogP contribution in [0.3, 0.4) is 0 Å². The molecule has 0 radical (unpaired) electrons. The van der Waals surface area contributed by atoms with Gasteiger partial charge >= 0.3 is 0 Å². The molecule has 0 spiro atoms. The van der Waals surface area contributed by atoms with E-state index in [0.29, 0.717) is 0 Å². The maximum absolute atomic E-state index is 4.95. The van der Waals surface area contributed by atoms with Crippen molar-refractivity contribution in [3.63, 3.8) is 0 Å². The van der Waals surface area contributed by atoms with Crippen molar-refractivity contribution >= 4 is 6.08 Å². The lowest BCUT2D eigenvalue weighted by Crippen LogP contribution is -2.20. The minimum Gasteiger partial charge on any atom is -0.383 e. The van der Waals surface area contributed by atoms with E-state index in [1.807, 2.05) is 17.8 Å². The molecule has 1 aromatic heterocycles. The summed E-state index contributed by atoms with van der Waals surface area (Å²) in [7, 11) is 3.65. The van der Waals surface area contributed by atoms with Crippen molar-refractivity contribution in [1.82, 2.24) is 15.1 Å². The van der Waals surface area contributed by atoms with Crippen LogP contribution in [0.25, 0.3) is 6.08 Å². The molecule has 1 rings (SSSR count). The Morgan fingerprint density at radius 1 is 1.67 bits per heavy atom. The second-order valence-corrected chi connectivity index (χ2v) is 3.54. The van der Waals surface area contributed by atoms with Crippen molar-refractivity contribution in [3.05, 3.63) is 23.5 Å². The fourth-order valence-electron chi connectivity index (χ4n) is 1.29. The molecule has 0 saturated heterocycles. The van der Waals surface area contributed by atoms with Crippen LogP contribution >= 0.6 is 0 Å². The van der Waals surface area contributed by atoms with Crippen LogP contribution in [0.1, 0.15) is 12.6 Å². The first kappa shape index (κ1) is 11.9. The highest BCUT2D eigenvalue weighted by Gasteiger charge is 1.95. The molecular weight excluding hydrogens is 190 g/mol. The van der Waals surface area contributed by atoms with Gasteiger partial charge in [0.1, 0.15) is 0 Å². The smallest absolute Gasteiger partial charge is 0.0606 e. The van der Waals surface area contributed by atoms with Gasteiger partial charge in [-0.25, -0.2) is 0 Å². The van der Waals surface area contributed by atoms with Gasteiger partial charge in [0.2, 0.25) is 0 Å². The highest BCUT2D eigenvalue weighted by Crippen LogP contribution is 2.03. The summed E-state index contributed by atoms with van der Waals surface area (Å²) in [6, 6.07) is 2.00. The first-order chi connectivity index (χ1) is 7.24. The maximum Gasteiger partial charge on any atom is 0.0606 e. The average Bonchev–Trinajstić information content (AvgIpc) is 2.59. The van der Waals surface area contributed by atoms with Crippen LogP contribution in [0.15, 0.2) is 17.8 Å². The summed E-state index contributed by atoms with van der Waals surface area (Å²) >= 11 is 0. The maximum atomic E-state index is 4.95. The molecule has 4 nitrogen and oxygen atoms in total. The van der Waals surface area contributed by atoms with E-state index < -0.39 is 0 Å². The van der Waals surface area contributed by atoms with Crippen molar-refractivity contribution in [1.29, 1.82) is 0 Å². The van der Waals surface area contributed by atoms with Gasteiger partial charge in [0.15, 0.2) is 0 Å². The van der Waals surface area contributed by atoms with Gasteiger partial charge in [0, 0.05) is 33.4 Å². The lowest BCUT2D eigenvalue weighted by atomic mass is 10.2. The van der Waals surface area contributed by atoms with Crippen LogP contribution < -0.4 is 5.32 Å². The zero-order chi connectivity index (χ0) is 11.1. The molecular formula is C11H19N3O. The Hall–Kier alpha value is -1.13. The van der Waals surface area contributed by atoms with E-state index in [4.69, 9.17) is 4.74 Å². The Labute approximate surface area is 90.9 Å². The first-order valence-corrected chi connectivity index (χ1v) is 5.09. The van der Waals surface area contributed by atoms with Crippen LogP contribution in [0.5, 0.6) is 0 Å². The molecule has 0 unspecified atom stereocenters. The molecule has 0 amide bonds. The highest BCUT2D eigenvalue weighted by atomic mass is 16.5. The van der Waals surface area contributed by atoms with Crippen LogP contribution in [0.4, 0.5) is 0 Å². The van der Waals surface area contributed by atoms with Crippen LogP contribution in [-0.2, 0) is 11.8 Å². The third kappa shape index (κ3) is 4.27. The van der Waals surface area contributed by atoms with Crippen molar-refractivity contribution in [2.75, 3.05) is 26.8 Å². The fourth-order valence-corrected chi connectivity index (χ4v) is 1.29. The largest absolute Gasteiger partial charge is 0.383 e. The zero-order valence-electron chi connectivity index (χ0n) is 9.66. The third-order valence-corrected chi connectivity index (χ3v) is 2.14. The molecule has 0 bridgehead atoms. The monoisotopic (exact) mass is 209 g/mol. The fraction of sp³-hybridized carbons (Fsp3) is 0.545. The van der Waals surface area contributed by atoms with Gasteiger partial charge in [-0.05, 0) is 19.1 Å². The zero-order valence-corrected chi connectivity index (χ0v) is 9.66. The molecule has 0 aromatic carbocycles. The number of nitrogens with zero attached hydrogens (tertiary/aromatic N) is 2. The Morgan fingerprint density at radius 2 is 2.47 bits per heavy atom. The van der Waals surface area contributed by atoms with E-state index in [-0.39, 0.29) is 0 Å².